The van der Waals surface area contributed by atoms with Gasteiger partial charge in [0.2, 0.25) is 5.88 Å². The van der Waals surface area contributed by atoms with E-state index in [9.17, 15) is 9.18 Å². The molecule has 0 radical (unpaired) electrons. The zero-order valence-corrected chi connectivity index (χ0v) is 16.4. The second-order valence-electron chi connectivity index (χ2n) is 6.25. The molecule has 3 aromatic carbocycles. The van der Waals surface area contributed by atoms with Crippen LogP contribution in [-0.4, -0.2) is 15.7 Å². The van der Waals surface area contributed by atoms with Gasteiger partial charge in [0.1, 0.15) is 5.82 Å². The molecule has 0 aliphatic rings. The largest absolute Gasteiger partial charge is 0.402 e. The number of halogens is 1. The summed E-state index contributed by atoms with van der Waals surface area (Å²) in [6, 6.07) is 24.9. The van der Waals surface area contributed by atoms with Gasteiger partial charge in [-0.25, -0.2) is 9.18 Å². The molecule has 29 heavy (non-hydrogen) atoms. The van der Waals surface area contributed by atoms with Crippen LogP contribution in [0, 0.1) is 12.7 Å². The zero-order valence-electron chi connectivity index (χ0n) is 15.6. The van der Waals surface area contributed by atoms with Crippen molar-refractivity contribution in [3.8, 4) is 11.6 Å². The number of aromatic nitrogens is 2. The first-order valence-electron chi connectivity index (χ1n) is 8.98. The Morgan fingerprint density at radius 2 is 1.55 bits per heavy atom. The van der Waals surface area contributed by atoms with Gasteiger partial charge in [0, 0.05) is 4.90 Å². The topological polar surface area (TPSA) is 44.1 Å². The lowest BCUT2D eigenvalue weighted by molar-refractivity contribution is 0.0713. The standard InChI is InChI=1S/C23H17FN2O2S/c1-16-21(29-18-12-6-3-7-13-18)22(26(25-16)17-10-4-2-5-11-17)28-23(27)19-14-8-9-15-20(19)24/h2-15H,1H3. The molecule has 0 spiro atoms. The van der Waals surface area contributed by atoms with Crippen LogP contribution in [-0.2, 0) is 0 Å². The van der Waals surface area contributed by atoms with Crippen molar-refractivity contribution < 1.29 is 13.9 Å². The van der Waals surface area contributed by atoms with Crippen molar-refractivity contribution in [2.45, 2.75) is 16.7 Å². The molecular weight excluding hydrogens is 387 g/mol. The normalized spacial score (nSPS) is 10.7. The maximum absolute atomic E-state index is 14.1. The second kappa shape index (κ2) is 8.32. The van der Waals surface area contributed by atoms with Crippen LogP contribution in [0.1, 0.15) is 16.1 Å². The first kappa shape index (κ1) is 19.0. The van der Waals surface area contributed by atoms with Crippen molar-refractivity contribution >= 4 is 17.7 Å². The molecule has 0 aliphatic heterocycles. The van der Waals surface area contributed by atoms with Crippen molar-refractivity contribution in [2.75, 3.05) is 0 Å². The molecule has 0 aliphatic carbocycles. The SMILES string of the molecule is Cc1nn(-c2ccccc2)c(OC(=O)c2ccccc2F)c1Sc1ccccc1. The molecule has 0 fully saturated rings. The van der Waals surface area contributed by atoms with Gasteiger partial charge in [0.05, 0.1) is 21.8 Å². The van der Waals surface area contributed by atoms with Crippen LogP contribution in [0.4, 0.5) is 4.39 Å². The quantitative estimate of drug-likeness (QED) is 0.401. The van der Waals surface area contributed by atoms with E-state index in [1.807, 2.05) is 67.6 Å². The van der Waals surface area contributed by atoms with Crippen molar-refractivity contribution in [1.82, 2.24) is 9.78 Å². The number of carbonyl (C=O) groups is 1. The maximum Gasteiger partial charge on any atom is 0.347 e. The number of esters is 1. The molecule has 1 aromatic heterocycles. The summed E-state index contributed by atoms with van der Waals surface area (Å²) < 4.78 is 21.4. The summed E-state index contributed by atoms with van der Waals surface area (Å²) in [5.74, 6) is -1.14. The van der Waals surface area contributed by atoms with Crippen LogP contribution in [0.5, 0.6) is 5.88 Å². The Labute approximate surface area is 172 Å². The third-order valence-electron chi connectivity index (χ3n) is 4.21. The van der Waals surface area contributed by atoms with E-state index in [-0.39, 0.29) is 11.4 Å². The van der Waals surface area contributed by atoms with E-state index in [1.165, 1.54) is 30.0 Å². The number of para-hydroxylation sites is 1. The zero-order chi connectivity index (χ0) is 20.2. The summed E-state index contributed by atoms with van der Waals surface area (Å²) in [7, 11) is 0. The Morgan fingerprint density at radius 1 is 0.931 bits per heavy atom. The highest BCUT2D eigenvalue weighted by atomic mass is 32.2. The summed E-state index contributed by atoms with van der Waals surface area (Å²) >= 11 is 1.44. The minimum Gasteiger partial charge on any atom is -0.402 e. The van der Waals surface area contributed by atoms with E-state index in [0.29, 0.717) is 10.6 Å². The fourth-order valence-corrected chi connectivity index (χ4v) is 3.75. The van der Waals surface area contributed by atoms with Crippen LogP contribution < -0.4 is 4.74 Å². The maximum atomic E-state index is 14.1. The van der Waals surface area contributed by atoms with Gasteiger partial charge in [-0.3, -0.25) is 0 Å². The Hall–Kier alpha value is -3.38. The van der Waals surface area contributed by atoms with E-state index in [0.717, 1.165) is 10.6 Å². The first-order valence-corrected chi connectivity index (χ1v) is 9.80. The number of aryl methyl sites for hydroxylation is 1. The molecule has 0 N–H and O–H groups in total. The Bertz CT molecular complexity index is 1140. The molecule has 0 bridgehead atoms. The highest BCUT2D eigenvalue weighted by molar-refractivity contribution is 7.99. The minimum atomic E-state index is -0.768. The molecule has 1 heterocycles. The van der Waals surface area contributed by atoms with Crippen LogP contribution in [0.25, 0.3) is 5.69 Å². The lowest BCUT2D eigenvalue weighted by Gasteiger charge is -2.10. The number of rotatable bonds is 5. The first-order chi connectivity index (χ1) is 14.1. The average molecular weight is 404 g/mol. The van der Waals surface area contributed by atoms with Gasteiger partial charge in [-0.15, -0.1) is 0 Å². The summed E-state index contributed by atoms with van der Waals surface area (Å²) in [5, 5.41) is 4.57. The Balaban J connectivity index is 1.78. The van der Waals surface area contributed by atoms with E-state index in [2.05, 4.69) is 5.10 Å². The van der Waals surface area contributed by atoms with Gasteiger partial charge in [0.15, 0.2) is 0 Å². The molecule has 0 atom stereocenters. The van der Waals surface area contributed by atoms with Gasteiger partial charge >= 0.3 is 5.97 Å². The van der Waals surface area contributed by atoms with Gasteiger partial charge < -0.3 is 4.74 Å². The predicted molar refractivity (Wildman–Crippen MR) is 110 cm³/mol. The molecule has 4 rings (SSSR count). The molecule has 0 saturated carbocycles. The molecule has 0 saturated heterocycles. The second-order valence-corrected chi connectivity index (χ2v) is 7.34. The lowest BCUT2D eigenvalue weighted by atomic mass is 10.2. The molecule has 4 nitrogen and oxygen atoms in total. The number of hydrogen-bond acceptors (Lipinski definition) is 4. The van der Waals surface area contributed by atoms with Gasteiger partial charge in [-0.2, -0.15) is 9.78 Å². The third kappa shape index (κ3) is 4.07. The monoisotopic (exact) mass is 404 g/mol. The number of nitrogens with zero attached hydrogens (tertiary/aromatic N) is 2. The highest BCUT2D eigenvalue weighted by Gasteiger charge is 2.23. The fraction of sp³-hybridized carbons (Fsp3) is 0.0435. The average Bonchev–Trinajstić information content (AvgIpc) is 3.05. The fourth-order valence-electron chi connectivity index (χ4n) is 2.82. The van der Waals surface area contributed by atoms with E-state index in [4.69, 9.17) is 4.74 Å². The minimum absolute atomic E-state index is 0.123. The van der Waals surface area contributed by atoms with Gasteiger partial charge in [-0.1, -0.05) is 60.3 Å². The van der Waals surface area contributed by atoms with Crippen LogP contribution in [0.3, 0.4) is 0 Å². The Morgan fingerprint density at radius 3 is 2.24 bits per heavy atom. The highest BCUT2D eigenvalue weighted by Crippen LogP contribution is 2.39. The van der Waals surface area contributed by atoms with Crippen LogP contribution in [0.2, 0.25) is 0 Å². The number of ether oxygens (including phenoxy) is 1. The summed E-state index contributed by atoms with van der Waals surface area (Å²) in [6.07, 6.45) is 0. The van der Waals surface area contributed by atoms with Gasteiger partial charge in [-0.05, 0) is 43.3 Å². The van der Waals surface area contributed by atoms with Crippen molar-refractivity contribution in [3.63, 3.8) is 0 Å². The summed E-state index contributed by atoms with van der Waals surface area (Å²) in [5.41, 5.74) is 1.33. The van der Waals surface area contributed by atoms with E-state index in [1.54, 1.807) is 10.7 Å². The Kier molecular flexibility index (Phi) is 5.44. The van der Waals surface area contributed by atoms with E-state index < -0.39 is 11.8 Å². The molecule has 4 aromatic rings. The predicted octanol–water partition coefficient (Wildman–Crippen LogP) is 5.69. The van der Waals surface area contributed by atoms with Crippen molar-refractivity contribution in [3.05, 3.63) is 102 Å². The molecule has 6 heteroatoms. The van der Waals surface area contributed by atoms with Crippen molar-refractivity contribution in [2.24, 2.45) is 0 Å². The number of benzene rings is 3. The molecule has 144 valence electrons. The van der Waals surface area contributed by atoms with Gasteiger partial charge in [0.25, 0.3) is 0 Å². The smallest absolute Gasteiger partial charge is 0.347 e. The van der Waals surface area contributed by atoms with Crippen LogP contribution >= 0.6 is 11.8 Å². The number of hydrogen-bond donors (Lipinski definition) is 0. The molecule has 0 unspecified atom stereocenters. The lowest BCUT2D eigenvalue weighted by Crippen LogP contribution is -2.13. The van der Waals surface area contributed by atoms with Crippen molar-refractivity contribution in [1.29, 1.82) is 0 Å². The summed E-state index contributed by atoms with van der Waals surface area (Å²) in [4.78, 5) is 14.4. The van der Waals surface area contributed by atoms with E-state index >= 15 is 0 Å². The summed E-state index contributed by atoms with van der Waals surface area (Å²) in [6.45, 7) is 1.85. The molecular formula is C23H17FN2O2S. The third-order valence-corrected chi connectivity index (χ3v) is 5.39. The van der Waals surface area contributed by atoms with Crippen LogP contribution in [0.15, 0.2) is 94.7 Å². The molecule has 0 amide bonds. The number of carbonyl (C=O) groups excluding carboxylic acids is 1.